The Morgan fingerprint density at radius 1 is 1.16 bits per heavy atom. The van der Waals surface area contributed by atoms with Gasteiger partial charge in [0.05, 0.1) is 38.5 Å². The maximum absolute atomic E-state index is 14.2. The fourth-order valence-electron chi connectivity index (χ4n) is 4.21. The minimum absolute atomic E-state index is 0.0728. The van der Waals surface area contributed by atoms with Gasteiger partial charge in [-0.2, -0.15) is 0 Å². The minimum Gasteiger partial charge on any atom is -0.378 e. The number of ether oxygens (including phenoxy) is 1. The van der Waals surface area contributed by atoms with E-state index in [2.05, 4.69) is 10.3 Å². The van der Waals surface area contributed by atoms with Gasteiger partial charge in [0.1, 0.15) is 0 Å². The summed E-state index contributed by atoms with van der Waals surface area (Å²) in [6.45, 7) is 1.38. The number of halogens is 2. The molecule has 4 rings (SSSR count). The Hall–Kier alpha value is -2.88. The number of nitrogens with zero attached hydrogens (tertiary/aromatic N) is 5. The smallest absolute Gasteiger partial charge is 0.276 e. The van der Waals surface area contributed by atoms with Crippen molar-refractivity contribution in [1.29, 1.82) is 0 Å². The van der Waals surface area contributed by atoms with Crippen LogP contribution in [0.15, 0.2) is 36.5 Å². The van der Waals surface area contributed by atoms with E-state index in [0.29, 0.717) is 32.7 Å². The molecule has 0 bridgehead atoms. The molecule has 1 aromatic carbocycles. The highest BCUT2D eigenvalue weighted by Crippen LogP contribution is 2.33. The molecule has 0 unspecified atom stereocenters. The van der Waals surface area contributed by atoms with Crippen LogP contribution in [0.1, 0.15) is 35.3 Å². The van der Waals surface area contributed by atoms with E-state index < -0.39 is 24.9 Å². The zero-order chi connectivity index (χ0) is 22.6. The molecule has 0 aliphatic carbocycles. The molecule has 0 radical (unpaired) electrons. The van der Waals surface area contributed by atoms with Gasteiger partial charge in [-0.15, -0.1) is 5.10 Å². The summed E-state index contributed by atoms with van der Waals surface area (Å²) in [5.74, 6) is -3.48. The van der Waals surface area contributed by atoms with Gasteiger partial charge < -0.3 is 14.5 Å². The molecule has 0 saturated carbocycles. The Morgan fingerprint density at radius 3 is 2.66 bits per heavy atom. The number of carbonyl (C=O) groups excluding carboxylic acids is 2. The first-order chi connectivity index (χ1) is 15.4. The van der Waals surface area contributed by atoms with Crippen LogP contribution in [0.5, 0.6) is 0 Å². The van der Waals surface area contributed by atoms with Crippen LogP contribution in [0, 0.1) is 0 Å². The maximum atomic E-state index is 14.2. The molecule has 8 nitrogen and oxygen atoms in total. The van der Waals surface area contributed by atoms with Crippen LogP contribution in [0.2, 0.25) is 0 Å². The lowest BCUT2D eigenvalue weighted by molar-refractivity contribution is -0.133. The van der Waals surface area contributed by atoms with Gasteiger partial charge in [0.25, 0.3) is 11.8 Å². The summed E-state index contributed by atoms with van der Waals surface area (Å²) in [6, 6.07) is 9.07. The number of benzene rings is 1. The van der Waals surface area contributed by atoms with Crippen molar-refractivity contribution in [3.8, 4) is 0 Å². The van der Waals surface area contributed by atoms with Gasteiger partial charge in [0.15, 0.2) is 5.69 Å². The second-order valence-electron chi connectivity index (χ2n) is 8.31. The zero-order valence-corrected chi connectivity index (χ0v) is 17.8. The largest absolute Gasteiger partial charge is 0.378 e. The first-order valence-electron chi connectivity index (χ1n) is 10.9. The highest BCUT2D eigenvalue weighted by atomic mass is 19.3. The summed E-state index contributed by atoms with van der Waals surface area (Å²) >= 11 is 0. The summed E-state index contributed by atoms with van der Waals surface area (Å²) < 4.78 is 34.9. The zero-order valence-electron chi connectivity index (χ0n) is 17.8. The fraction of sp³-hybridized carbons (Fsp3) is 0.545. The standard InChI is InChI=1S/C22H27F2N5O3/c23-22(24)13-18(29(16-22)20(30)8-4-7-17-5-2-1-3-6-17)14-28-15-19(25-26-28)21(31)27-9-11-32-12-10-27/h1-3,5-6,15,18H,4,7-14,16H2/t18-/m0/s1. The lowest BCUT2D eigenvalue weighted by atomic mass is 10.1. The van der Waals surface area contributed by atoms with Crippen molar-refractivity contribution in [2.24, 2.45) is 0 Å². The Balaban J connectivity index is 1.35. The number of carbonyl (C=O) groups is 2. The van der Waals surface area contributed by atoms with Gasteiger partial charge in [-0.1, -0.05) is 35.5 Å². The third kappa shape index (κ3) is 5.48. The highest BCUT2D eigenvalue weighted by molar-refractivity contribution is 5.92. The van der Waals surface area contributed by atoms with Gasteiger partial charge >= 0.3 is 0 Å². The third-order valence-electron chi connectivity index (χ3n) is 5.85. The molecule has 2 aliphatic heterocycles. The molecule has 2 saturated heterocycles. The van der Waals surface area contributed by atoms with Crippen molar-refractivity contribution < 1.29 is 23.1 Å². The van der Waals surface area contributed by atoms with Gasteiger partial charge in [0, 0.05) is 25.9 Å². The summed E-state index contributed by atoms with van der Waals surface area (Å²) in [5, 5.41) is 7.86. The van der Waals surface area contributed by atoms with Crippen LogP contribution >= 0.6 is 0 Å². The van der Waals surface area contributed by atoms with Gasteiger partial charge in [-0.05, 0) is 18.4 Å². The molecule has 2 amide bonds. The monoisotopic (exact) mass is 447 g/mol. The van der Waals surface area contributed by atoms with Gasteiger partial charge in [-0.25, -0.2) is 13.5 Å². The summed E-state index contributed by atoms with van der Waals surface area (Å²) in [5.41, 5.74) is 1.28. The second kappa shape index (κ2) is 9.72. The van der Waals surface area contributed by atoms with E-state index in [4.69, 9.17) is 4.74 Å². The quantitative estimate of drug-likeness (QED) is 0.649. The molecule has 0 N–H and O–H groups in total. The van der Waals surface area contributed by atoms with Crippen LogP contribution in [0.3, 0.4) is 0 Å². The van der Waals surface area contributed by atoms with Crippen LogP contribution < -0.4 is 0 Å². The Morgan fingerprint density at radius 2 is 1.91 bits per heavy atom. The molecule has 2 fully saturated rings. The number of aromatic nitrogens is 3. The fourth-order valence-corrected chi connectivity index (χ4v) is 4.21. The number of morpholine rings is 1. The Kier molecular flexibility index (Phi) is 6.78. The second-order valence-corrected chi connectivity index (χ2v) is 8.31. The average Bonchev–Trinajstić information content (AvgIpc) is 3.38. The molecule has 3 heterocycles. The molecule has 2 aromatic rings. The highest BCUT2D eigenvalue weighted by Gasteiger charge is 2.46. The van der Waals surface area contributed by atoms with E-state index in [-0.39, 0.29) is 30.5 Å². The number of amides is 2. The number of likely N-dealkylation sites (tertiary alicyclic amines) is 1. The number of rotatable bonds is 7. The number of hydrogen-bond acceptors (Lipinski definition) is 5. The lowest BCUT2D eigenvalue weighted by Gasteiger charge is -2.25. The van der Waals surface area contributed by atoms with Crippen molar-refractivity contribution in [2.75, 3.05) is 32.8 Å². The molecular formula is C22H27F2N5O3. The molecule has 172 valence electrons. The topological polar surface area (TPSA) is 80.6 Å². The van der Waals surface area contributed by atoms with Gasteiger partial charge in [0.2, 0.25) is 5.91 Å². The lowest BCUT2D eigenvalue weighted by Crippen LogP contribution is -2.40. The molecular weight excluding hydrogens is 420 g/mol. The van der Waals surface area contributed by atoms with Crippen molar-refractivity contribution in [2.45, 2.75) is 44.2 Å². The first kappa shape index (κ1) is 22.3. The normalized spacial score (nSPS) is 20.5. The Bertz CT molecular complexity index is 931. The predicted octanol–water partition coefficient (Wildman–Crippen LogP) is 2.01. The third-order valence-corrected chi connectivity index (χ3v) is 5.85. The molecule has 0 spiro atoms. The van der Waals surface area contributed by atoms with Gasteiger partial charge in [-0.3, -0.25) is 9.59 Å². The predicted molar refractivity (Wildman–Crippen MR) is 111 cm³/mol. The van der Waals surface area contributed by atoms with Crippen molar-refractivity contribution in [3.63, 3.8) is 0 Å². The van der Waals surface area contributed by atoms with Crippen molar-refractivity contribution in [1.82, 2.24) is 24.8 Å². The van der Waals surface area contributed by atoms with Crippen LogP contribution in [-0.2, 0) is 22.5 Å². The molecule has 1 atom stereocenters. The SMILES string of the molecule is O=C(c1cn(C[C@@H]2CC(F)(F)CN2C(=O)CCCc2ccccc2)nn1)N1CCOCC1. The van der Waals surface area contributed by atoms with Crippen LogP contribution in [0.25, 0.3) is 0 Å². The van der Waals surface area contributed by atoms with E-state index in [1.165, 1.54) is 15.8 Å². The van der Waals surface area contributed by atoms with Crippen LogP contribution in [0.4, 0.5) is 8.78 Å². The number of alkyl halides is 2. The van der Waals surface area contributed by atoms with E-state index >= 15 is 0 Å². The number of aryl methyl sites for hydroxylation is 1. The van der Waals surface area contributed by atoms with E-state index in [9.17, 15) is 18.4 Å². The minimum atomic E-state index is -2.94. The van der Waals surface area contributed by atoms with Crippen molar-refractivity contribution >= 4 is 11.8 Å². The van der Waals surface area contributed by atoms with Crippen molar-refractivity contribution in [3.05, 3.63) is 47.8 Å². The maximum Gasteiger partial charge on any atom is 0.276 e. The van der Waals surface area contributed by atoms with E-state index in [1.807, 2.05) is 30.3 Å². The summed E-state index contributed by atoms with van der Waals surface area (Å²) in [6.07, 6.45) is 2.56. The molecule has 1 aromatic heterocycles. The number of hydrogen-bond donors (Lipinski definition) is 0. The summed E-state index contributed by atoms with van der Waals surface area (Å²) in [4.78, 5) is 28.1. The van der Waals surface area contributed by atoms with Crippen LogP contribution in [-0.4, -0.2) is 81.4 Å². The molecule has 32 heavy (non-hydrogen) atoms. The molecule has 10 heteroatoms. The first-order valence-corrected chi connectivity index (χ1v) is 10.9. The van der Waals surface area contributed by atoms with E-state index in [0.717, 1.165) is 12.0 Å². The summed E-state index contributed by atoms with van der Waals surface area (Å²) in [7, 11) is 0. The average molecular weight is 447 g/mol. The van der Waals surface area contributed by atoms with E-state index in [1.54, 1.807) is 4.90 Å². The Labute approximate surface area is 185 Å². The molecule has 2 aliphatic rings.